The molecule has 4 heterocycles. The quantitative estimate of drug-likeness (QED) is 0.446. The number of aromatic nitrogens is 4. The second-order valence-electron chi connectivity index (χ2n) is 6.21. The summed E-state index contributed by atoms with van der Waals surface area (Å²) in [4.78, 5) is 8.96. The van der Waals surface area contributed by atoms with Crippen molar-refractivity contribution in [3.63, 3.8) is 0 Å². The first-order valence-electron chi connectivity index (χ1n) is 8.52. The van der Waals surface area contributed by atoms with Gasteiger partial charge in [0.2, 0.25) is 0 Å². The summed E-state index contributed by atoms with van der Waals surface area (Å²) < 4.78 is 5.25. The van der Waals surface area contributed by atoms with E-state index in [1.165, 1.54) is 15.8 Å². The molecule has 5 rings (SSSR count). The van der Waals surface area contributed by atoms with Gasteiger partial charge in [-0.05, 0) is 35.7 Å². The molecule has 132 valence electrons. The molecule has 0 radical (unpaired) electrons. The zero-order valence-corrected chi connectivity index (χ0v) is 15.4. The van der Waals surface area contributed by atoms with Crippen LogP contribution in [0.2, 0.25) is 0 Å². The molecule has 2 N–H and O–H groups in total. The SMILES string of the molecule is COc1cncc(-c2cc(-c3cc4c(-c5cccs5)cccc4[nH]3)[nH]n2)c1. The number of nitrogens with zero attached hydrogens (tertiary/aromatic N) is 2. The lowest BCUT2D eigenvalue weighted by Crippen LogP contribution is -1.86. The smallest absolute Gasteiger partial charge is 0.137 e. The first-order valence-corrected chi connectivity index (χ1v) is 9.40. The Labute approximate surface area is 159 Å². The van der Waals surface area contributed by atoms with E-state index >= 15 is 0 Å². The van der Waals surface area contributed by atoms with Crippen LogP contribution in [0, 0.1) is 0 Å². The van der Waals surface area contributed by atoms with Gasteiger partial charge >= 0.3 is 0 Å². The highest BCUT2D eigenvalue weighted by Gasteiger charge is 2.12. The maximum Gasteiger partial charge on any atom is 0.137 e. The second-order valence-corrected chi connectivity index (χ2v) is 7.16. The van der Waals surface area contributed by atoms with E-state index in [4.69, 9.17) is 4.74 Å². The molecule has 0 unspecified atom stereocenters. The van der Waals surface area contributed by atoms with E-state index < -0.39 is 0 Å². The number of H-pyrrole nitrogens is 2. The normalized spacial score (nSPS) is 11.1. The lowest BCUT2D eigenvalue weighted by Gasteiger charge is -2.00. The van der Waals surface area contributed by atoms with Gasteiger partial charge in [0.15, 0.2) is 0 Å². The van der Waals surface area contributed by atoms with Crippen LogP contribution in [-0.4, -0.2) is 27.3 Å². The summed E-state index contributed by atoms with van der Waals surface area (Å²) in [6, 6.07) is 16.7. The molecule has 1 aromatic carbocycles. The van der Waals surface area contributed by atoms with E-state index in [9.17, 15) is 0 Å². The molecule has 4 aromatic heterocycles. The molecule has 0 saturated carbocycles. The summed E-state index contributed by atoms with van der Waals surface area (Å²) in [7, 11) is 1.63. The molecule has 5 aromatic rings. The van der Waals surface area contributed by atoms with Gasteiger partial charge in [-0.2, -0.15) is 5.10 Å². The fourth-order valence-electron chi connectivity index (χ4n) is 3.23. The molecular formula is C21H16N4OS. The van der Waals surface area contributed by atoms with Crippen molar-refractivity contribution in [2.45, 2.75) is 0 Å². The predicted molar refractivity (Wildman–Crippen MR) is 109 cm³/mol. The van der Waals surface area contributed by atoms with Crippen molar-refractivity contribution in [3.05, 3.63) is 66.3 Å². The number of hydrogen-bond acceptors (Lipinski definition) is 4. The highest BCUT2D eigenvalue weighted by atomic mass is 32.1. The Morgan fingerprint density at radius 1 is 1.00 bits per heavy atom. The van der Waals surface area contributed by atoms with Crippen molar-refractivity contribution in [2.75, 3.05) is 7.11 Å². The van der Waals surface area contributed by atoms with Crippen LogP contribution in [0.1, 0.15) is 0 Å². The van der Waals surface area contributed by atoms with Crippen molar-refractivity contribution >= 4 is 22.2 Å². The number of aromatic amines is 2. The van der Waals surface area contributed by atoms with Gasteiger partial charge in [0.1, 0.15) is 5.75 Å². The number of fused-ring (bicyclic) bond motifs is 1. The Kier molecular flexibility index (Phi) is 3.76. The van der Waals surface area contributed by atoms with Crippen LogP contribution in [0.3, 0.4) is 0 Å². The summed E-state index contributed by atoms with van der Waals surface area (Å²) in [6.45, 7) is 0. The minimum Gasteiger partial charge on any atom is -0.495 e. The molecule has 5 nitrogen and oxygen atoms in total. The molecule has 0 fully saturated rings. The minimum atomic E-state index is 0.711. The van der Waals surface area contributed by atoms with Crippen molar-refractivity contribution in [3.8, 4) is 38.8 Å². The molecule has 0 aliphatic heterocycles. The Balaban J connectivity index is 1.57. The number of rotatable bonds is 4. The third kappa shape index (κ3) is 2.80. The van der Waals surface area contributed by atoms with Gasteiger partial charge in [0.25, 0.3) is 0 Å². The number of methoxy groups -OCH3 is 1. The van der Waals surface area contributed by atoms with E-state index in [2.05, 4.69) is 61.9 Å². The molecule has 0 bridgehead atoms. The number of benzene rings is 1. The highest BCUT2D eigenvalue weighted by molar-refractivity contribution is 7.13. The van der Waals surface area contributed by atoms with Gasteiger partial charge in [-0.3, -0.25) is 10.1 Å². The van der Waals surface area contributed by atoms with Crippen LogP contribution >= 0.6 is 11.3 Å². The van der Waals surface area contributed by atoms with Crippen LogP contribution in [0.25, 0.3) is 44.0 Å². The zero-order chi connectivity index (χ0) is 18.2. The zero-order valence-electron chi connectivity index (χ0n) is 14.6. The fourth-order valence-corrected chi connectivity index (χ4v) is 3.99. The number of ether oxygens (including phenoxy) is 1. The molecule has 27 heavy (non-hydrogen) atoms. The molecule has 0 amide bonds. The summed E-state index contributed by atoms with van der Waals surface area (Å²) in [5.41, 5.74) is 6.02. The summed E-state index contributed by atoms with van der Waals surface area (Å²) in [5.74, 6) is 0.711. The van der Waals surface area contributed by atoms with Gasteiger partial charge in [0, 0.05) is 33.1 Å². The van der Waals surface area contributed by atoms with E-state index in [0.717, 1.165) is 28.2 Å². The average molecular weight is 372 g/mol. The highest BCUT2D eigenvalue weighted by Crippen LogP contribution is 2.34. The van der Waals surface area contributed by atoms with Crippen LogP contribution < -0.4 is 4.74 Å². The van der Waals surface area contributed by atoms with Gasteiger partial charge in [-0.1, -0.05) is 18.2 Å². The van der Waals surface area contributed by atoms with Crippen LogP contribution in [0.4, 0.5) is 0 Å². The third-order valence-electron chi connectivity index (χ3n) is 4.56. The average Bonchev–Trinajstić information content (AvgIpc) is 3.47. The fraction of sp³-hybridized carbons (Fsp3) is 0.0476. The summed E-state index contributed by atoms with van der Waals surface area (Å²) >= 11 is 1.75. The van der Waals surface area contributed by atoms with E-state index in [0.29, 0.717) is 5.75 Å². The molecule has 0 aliphatic rings. The monoisotopic (exact) mass is 372 g/mol. The van der Waals surface area contributed by atoms with Gasteiger partial charge in [-0.15, -0.1) is 11.3 Å². The van der Waals surface area contributed by atoms with Gasteiger partial charge in [-0.25, -0.2) is 0 Å². The number of nitrogens with one attached hydrogen (secondary N) is 2. The van der Waals surface area contributed by atoms with Crippen molar-refractivity contribution in [1.29, 1.82) is 0 Å². The van der Waals surface area contributed by atoms with Crippen LogP contribution in [-0.2, 0) is 0 Å². The summed E-state index contributed by atoms with van der Waals surface area (Å²) in [6.07, 6.45) is 3.46. The second kappa shape index (κ2) is 6.41. The van der Waals surface area contributed by atoms with Crippen molar-refractivity contribution < 1.29 is 4.74 Å². The first-order chi connectivity index (χ1) is 13.3. The lowest BCUT2D eigenvalue weighted by molar-refractivity contribution is 0.413. The van der Waals surface area contributed by atoms with Crippen LogP contribution in [0.5, 0.6) is 5.75 Å². The van der Waals surface area contributed by atoms with E-state index in [1.54, 1.807) is 30.8 Å². The maximum atomic E-state index is 5.25. The lowest BCUT2D eigenvalue weighted by atomic mass is 10.1. The molecule has 0 atom stereocenters. The molecule has 0 saturated heterocycles. The maximum absolute atomic E-state index is 5.25. The van der Waals surface area contributed by atoms with Crippen LogP contribution in [0.15, 0.2) is 66.3 Å². The van der Waals surface area contributed by atoms with Crippen molar-refractivity contribution in [2.24, 2.45) is 0 Å². The number of hydrogen-bond donors (Lipinski definition) is 2. The predicted octanol–water partition coefficient (Wildman–Crippen LogP) is 5.36. The molecule has 0 spiro atoms. The standard InChI is InChI=1S/C21H16N4OS/c1-26-14-8-13(11-22-12-14)18-10-20(25-24-18)19-9-16-15(21-6-3-7-27-21)4-2-5-17(16)23-19/h2-12,23H,1H3,(H,24,25). The Bertz CT molecular complexity index is 1220. The van der Waals surface area contributed by atoms with E-state index in [1.807, 2.05) is 12.1 Å². The van der Waals surface area contributed by atoms with Gasteiger partial charge < -0.3 is 9.72 Å². The number of thiophene rings is 1. The van der Waals surface area contributed by atoms with E-state index in [-0.39, 0.29) is 0 Å². The minimum absolute atomic E-state index is 0.711. The summed E-state index contributed by atoms with van der Waals surface area (Å²) in [5, 5.41) is 10.9. The third-order valence-corrected chi connectivity index (χ3v) is 5.47. The Hall–Kier alpha value is -3.38. The topological polar surface area (TPSA) is 66.6 Å². The largest absolute Gasteiger partial charge is 0.495 e. The molecule has 0 aliphatic carbocycles. The Morgan fingerprint density at radius 3 is 2.81 bits per heavy atom. The van der Waals surface area contributed by atoms with Gasteiger partial charge in [0.05, 0.1) is 30.4 Å². The first kappa shape index (κ1) is 15.8. The number of pyridine rings is 1. The molecular weight excluding hydrogens is 356 g/mol. The molecule has 6 heteroatoms. The van der Waals surface area contributed by atoms with Crippen molar-refractivity contribution in [1.82, 2.24) is 20.2 Å². The Morgan fingerprint density at radius 2 is 1.96 bits per heavy atom.